The fraction of sp³-hybridized carbons (Fsp3) is 0.176. The first kappa shape index (κ1) is 16.7. The molecule has 1 saturated heterocycles. The molecule has 2 aromatic rings. The molecule has 24 heavy (non-hydrogen) atoms. The van der Waals surface area contributed by atoms with Crippen LogP contribution in [0.4, 0.5) is 5.69 Å². The molecule has 0 spiro atoms. The molecule has 124 valence electrons. The lowest BCUT2D eigenvalue weighted by molar-refractivity contribution is -0.118. The second kappa shape index (κ2) is 6.07. The Labute approximate surface area is 145 Å². The maximum atomic E-state index is 12.7. The van der Waals surface area contributed by atoms with Crippen LogP contribution in [-0.2, 0) is 14.8 Å². The first-order valence-electron chi connectivity index (χ1n) is 7.30. The van der Waals surface area contributed by atoms with Crippen molar-refractivity contribution < 1.29 is 13.2 Å². The van der Waals surface area contributed by atoms with Gasteiger partial charge in [0.1, 0.15) is 0 Å². The third kappa shape index (κ3) is 3.09. The summed E-state index contributed by atoms with van der Waals surface area (Å²) in [5, 5.41) is 0.167. The summed E-state index contributed by atoms with van der Waals surface area (Å²) in [6.07, 6.45) is 0. The van der Waals surface area contributed by atoms with Crippen LogP contribution in [0.2, 0.25) is 0 Å². The van der Waals surface area contributed by atoms with Crippen LogP contribution in [0.3, 0.4) is 0 Å². The van der Waals surface area contributed by atoms with E-state index in [1.54, 1.807) is 56.3 Å². The van der Waals surface area contributed by atoms with Gasteiger partial charge in [0.25, 0.3) is 10.0 Å². The molecule has 0 atom stereocenters. The van der Waals surface area contributed by atoms with Crippen LogP contribution < -0.4 is 4.90 Å². The molecular weight excluding hydrogens is 344 g/mol. The molecule has 1 aliphatic rings. The molecule has 2 aromatic carbocycles. The van der Waals surface area contributed by atoms with E-state index in [9.17, 15) is 13.2 Å². The average molecular weight is 360 g/mol. The van der Waals surface area contributed by atoms with Crippen molar-refractivity contribution in [2.24, 2.45) is 4.40 Å². The molecule has 3 rings (SSSR count). The standard InChI is InChI=1S/C17H16N2O3S2/c1-17(2)15(20)19(13-9-5-3-6-10-13)16(23-17)18-24(21,22)14-11-7-4-8-12-14/h3-12H,1-2H3/b18-16+. The van der Waals surface area contributed by atoms with Gasteiger partial charge in [-0.1, -0.05) is 48.2 Å². The van der Waals surface area contributed by atoms with E-state index in [2.05, 4.69) is 4.40 Å². The van der Waals surface area contributed by atoms with Gasteiger partial charge in [-0.25, -0.2) is 0 Å². The van der Waals surface area contributed by atoms with Crippen molar-refractivity contribution in [1.82, 2.24) is 0 Å². The Morgan fingerprint density at radius 3 is 2.08 bits per heavy atom. The highest BCUT2D eigenvalue weighted by molar-refractivity contribution is 8.17. The van der Waals surface area contributed by atoms with Crippen molar-refractivity contribution in [1.29, 1.82) is 0 Å². The molecule has 0 aromatic heterocycles. The summed E-state index contributed by atoms with van der Waals surface area (Å²) in [7, 11) is -3.88. The smallest absolute Gasteiger partial charge is 0.272 e. The first-order chi connectivity index (χ1) is 11.3. The van der Waals surface area contributed by atoms with Crippen molar-refractivity contribution in [3.05, 3.63) is 60.7 Å². The lowest BCUT2D eigenvalue weighted by Gasteiger charge is -2.17. The number of hydrogen-bond donors (Lipinski definition) is 0. The predicted octanol–water partition coefficient (Wildman–Crippen LogP) is 3.29. The lowest BCUT2D eigenvalue weighted by atomic mass is 10.1. The summed E-state index contributed by atoms with van der Waals surface area (Å²) >= 11 is 1.15. The predicted molar refractivity (Wildman–Crippen MR) is 96.7 cm³/mol. The van der Waals surface area contributed by atoms with Crippen molar-refractivity contribution >= 4 is 38.5 Å². The van der Waals surface area contributed by atoms with Gasteiger partial charge in [0, 0.05) is 0 Å². The minimum absolute atomic E-state index is 0.100. The molecule has 0 bridgehead atoms. The van der Waals surface area contributed by atoms with Gasteiger partial charge in [0.15, 0.2) is 5.17 Å². The van der Waals surface area contributed by atoms with E-state index in [0.717, 1.165) is 11.8 Å². The van der Waals surface area contributed by atoms with E-state index in [-0.39, 0.29) is 16.0 Å². The number of nitrogens with zero attached hydrogens (tertiary/aromatic N) is 2. The van der Waals surface area contributed by atoms with Gasteiger partial charge in [-0.3, -0.25) is 9.69 Å². The molecule has 0 N–H and O–H groups in total. The molecule has 0 aliphatic carbocycles. The summed E-state index contributed by atoms with van der Waals surface area (Å²) in [5.41, 5.74) is 0.600. The number of sulfonamides is 1. The Hall–Kier alpha value is -2.12. The number of anilines is 1. The third-order valence-corrected chi connectivity index (χ3v) is 6.05. The highest BCUT2D eigenvalue weighted by atomic mass is 32.2. The number of amides is 1. The maximum absolute atomic E-state index is 12.7. The molecule has 0 radical (unpaired) electrons. The number of carbonyl (C=O) groups is 1. The quantitative estimate of drug-likeness (QED) is 0.842. The molecule has 0 saturated carbocycles. The second-order valence-corrected chi connectivity index (χ2v) is 8.94. The van der Waals surface area contributed by atoms with Crippen LogP contribution in [0, 0.1) is 0 Å². The van der Waals surface area contributed by atoms with Crippen molar-refractivity contribution in [2.75, 3.05) is 4.90 Å². The average Bonchev–Trinajstić information content (AvgIpc) is 2.77. The van der Waals surface area contributed by atoms with Gasteiger partial charge in [-0.05, 0) is 38.1 Å². The minimum Gasteiger partial charge on any atom is -0.272 e. The van der Waals surface area contributed by atoms with Gasteiger partial charge >= 0.3 is 0 Å². The molecule has 1 fully saturated rings. The van der Waals surface area contributed by atoms with Crippen LogP contribution in [0.25, 0.3) is 0 Å². The molecule has 1 heterocycles. The Balaban J connectivity index is 2.09. The van der Waals surface area contributed by atoms with Crippen LogP contribution in [-0.4, -0.2) is 24.2 Å². The van der Waals surface area contributed by atoms with E-state index < -0.39 is 14.8 Å². The van der Waals surface area contributed by atoms with E-state index >= 15 is 0 Å². The maximum Gasteiger partial charge on any atom is 0.284 e. The number of benzene rings is 2. The lowest BCUT2D eigenvalue weighted by Crippen LogP contribution is -2.36. The molecule has 1 amide bonds. The zero-order chi connectivity index (χ0) is 17.4. The van der Waals surface area contributed by atoms with Crippen LogP contribution in [0.1, 0.15) is 13.8 Å². The van der Waals surface area contributed by atoms with Gasteiger partial charge in [0.05, 0.1) is 15.3 Å². The monoisotopic (exact) mass is 360 g/mol. The fourth-order valence-electron chi connectivity index (χ4n) is 2.29. The summed E-state index contributed by atoms with van der Waals surface area (Å²) in [4.78, 5) is 14.2. The van der Waals surface area contributed by atoms with Gasteiger partial charge < -0.3 is 0 Å². The summed E-state index contributed by atoms with van der Waals surface area (Å²) in [5.74, 6) is -0.194. The second-order valence-electron chi connectivity index (χ2n) is 5.75. The van der Waals surface area contributed by atoms with Gasteiger partial charge in [-0.2, -0.15) is 8.42 Å². The van der Waals surface area contributed by atoms with Crippen molar-refractivity contribution in [3.63, 3.8) is 0 Å². The third-order valence-electron chi connectivity index (χ3n) is 3.51. The SMILES string of the molecule is CC1(C)S/C(=N/S(=O)(=O)c2ccccc2)N(c2ccccc2)C1=O. The minimum atomic E-state index is -3.88. The summed E-state index contributed by atoms with van der Waals surface area (Å²) in [6, 6.07) is 16.9. The molecule has 5 nitrogen and oxygen atoms in total. The number of amidine groups is 1. The molecule has 1 aliphatic heterocycles. The van der Waals surface area contributed by atoms with E-state index in [1.807, 2.05) is 6.07 Å². The summed E-state index contributed by atoms with van der Waals surface area (Å²) < 4.78 is 28.2. The number of para-hydroxylation sites is 1. The number of thioether (sulfide) groups is 1. The van der Waals surface area contributed by atoms with Crippen LogP contribution in [0.5, 0.6) is 0 Å². The Morgan fingerprint density at radius 2 is 1.50 bits per heavy atom. The molecule has 7 heteroatoms. The highest BCUT2D eigenvalue weighted by Crippen LogP contribution is 2.40. The van der Waals surface area contributed by atoms with E-state index in [1.165, 1.54) is 17.0 Å². The van der Waals surface area contributed by atoms with Crippen LogP contribution in [0.15, 0.2) is 70.0 Å². The van der Waals surface area contributed by atoms with Crippen LogP contribution >= 0.6 is 11.8 Å². The van der Waals surface area contributed by atoms with Crippen molar-refractivity contribution in [2.45, 2.75) is 23.5 Å². The zero-order valence-corrected chi connectivity index (χ0v) is 14.8. The topological polar surface area (TPSA) is 66.8 Å². The largest absolute Gasteiger partial charge is 0.284 e. The molecule has 0 unspecified atom stereocenters. The van der Waals surface area contributed by atoms with Gasteiger partial charge in [0.2, 0.25) is 5.91 Å². The first-order valence-corrected chi connectivity index (χ1v) is 9.55. The van der Waals surface area contributed by atoms with E-state index in [0.29, 0.717) is 5.69 Å². The number of rotatable bonds is 3. The normalized spacial score (nSPS) is 19.0. The van der Waals surface area contributed by atoms with E-state index in [4.69, 9.17) is 0 Å². The fourth-order valence-corrected chi connectivity index (χ4v) is 4.54. The number of hydrogen-bond acceptors (Lipinski definition) is 4. The number of carbonyl (C=O) groups excluding carboxylic acids is 1. The Kier molecular flexibility index (Phi) is 4.23. The zero-order valence-electron chi connectivity index (χ0n) is 13.2. The Bertz CT molecular complexity index is 892. The van der Waals surface area contributed by atoms with Crippen molar-refractivity contribution in [3.8, 4) is 0 Å². The Morgan fingerprint density at radius 1 is 0.958 bits per heavy atom. The highest BCUT2D eigenvalue weighted by Gasteiger charge is 2.46. The van der Waals surface area contributed by atoms with Gasteiger partial charge in [-0.15, -0.1) is 4.40 Å². The molecular formula is C17H16N2O3S2. The summed E-state index contributed by atoms with van der Waals surface area (Å²) in [6.45, 7) is 3.52.